The van der Waals surface area contributed by atoms with E-state index in [-0.39, 0.29) is 11.9 Å². The first-order chi connectivity index (χ1) is 10.5. The topological polar surface area (TPSA) is 71.2 Å². The molecule has 0 saturated carbocycles. The molecule has 1 aromatic heterocycles. The Morgan fingerprint density at radius 3 is 2.41 bits per heavy atom. The van der Waals surface area contributed by atoms with Crippen molar-refractivity contribution in [2.45, 2.75) is 19.9 Å². The summed E-state index contributed by atoms with van der Waals surface area (Å²) in [6.45, 7) is 3.57. The van der Waals surface area contributed by atoms with Gasteiger partial charge in [0.15, 0.2) is 0 Å². The van der Waals surface area contributed by atoms with Crippen molar-refractivity contribution in [2.75, 3.05) is 7.11 Å². The highest BCUT2D eigenvalue weighted by Gasteiger charge is 2.28. The lowest BCUT2D eigenvalue weighted by atomic mass is 9.94. The first-order valence-electron chi connectivity index (χ1n) is 7.12. The van der Waals surface area contributed by atoms with Crippen LogP contribution in [0, 0.1) is 12.8 Å². The van der Waals surface area contributed by atoms with Gasteiger partial charge in [0.05, 0.1) is 24.6 Å². The van der Waals surface area contributed by atoms with Crippen molar-refractivity contribution < 1.29 is 14.3 Å². The van der Waals surface area contributed by atoms with Gasteiger partial charge in [-0.3, -0.25) is 9.59 Å². The van der Waals surface area contributed by atoms with Crippen LogP contribution < -0.4 is 5.32 Å². The summed E-state index contributed by atoms with van der Waals surface area (Å²) >= 11 is 0. The van der Waals surface area contributed by atoms with Crippen molar-refractivity contribution in [3.63, 3.8) is 0 Å². The van der Waals surface area contributed by atoms with E-state index in [4.69, 9.17) is 4.74 Å². The number of aromatic nitrogens is 1. The van der Waals surface area contributed by atoms with Crippen LogP contribution in [0.1, 0.15) is 34.6 Å². The van der Waals surface area contributed by atoms with Crippen molar-refractivity contribution in [2.24, 2.45) is 5.92 Å². The van der Waals surface area contributed by atoms with E-state index in [0.29, 0.717) is 5.56 Å². The minimum atomic E-state index is -0.490. The molecule has 5 nitrogen and oxygen atoms in total. The van der Waals surface area contributed by atoms with Gasteiger partial charge in [-0.15, -0.1) is 0 Å². The Kier molecular flexibility index (Phi) is 4.99. The van der Waals surface area contributed by atoms with Crippen molar-refractivity contribution in [1.82, 2.24) is 10.3 Å². The largest absolute Gasteiger partial charge is 0.469 e. The molecule has 0 aliphatic carbocycles. The minimum absolute atomic E-state index is 0.219. The minimum Gasteiger partial charge on any atom is -0.469 e. The van der Waals surface area contributed by atoms with Crippen molar-refractivity contribution in [3.05, 3.63) is 59.4 Å². The maximum Gasteiger partial charge on any atom is 0.310 e. The number of hydrogen-bond acceptors (Lipinski definition) is 3. The van der Waals surface area contributed by atoms with E-state index in [1.807, 2.05) is 37.3 Å². The van der Waals surface area contributed by atoms with Gasteiger partial charge >= 0.3 is 5.97 Å². The van der Waals surface area contributed by atoms with Gasteiger partial charge in [-0.25, -0.2) is 0 Å². The number of amides is 1. The summed E-state index contributed by atoms with van der Waals surface area (Å²) < 4.78 is 4.81. The van der Waals surface area contributed by atoms with Crippen molar-refractivity contribution in [1.29, 1.82) is 0 Å². The van der Waals surface area contributed by atoms with E-state index in [9.17, 15) is 9.59 Å². The Labute approximate surface area is 129 Å². The van der Waals surface area contributed by atoms with Gasteiger partial charge in [0.1, 0.15) is 0 Å². The zero-order valence-corrected chi connectivity index (χ0v) is 12.9. The van der Waals surface area contributed by atoms with Gasteiger partial charge in [0.25, 0.3) is 5.91 Å². The number of benzene rings is 1. The molecule has 0 unspecified atom stereocenters. The average molecular weight is 300 g/mol. The van der Waals surface area contributed by atoms with E-state index in [1.54, 1.807) is 19.2 Å². The molecule has 2 N–H and O–H groups in total. The third-order valence-corrected chi connectivity index (χ3v) is 3.72. The summed E-state index contributed by atoms with van der Waals surface area (Å²) in [7, 11) is 1.35. The Bertz CT molecular complexity index is 649. The number of aryl methyl sites for hydroxylation is 1. The molecule has 5 heteroatoms. The van der Waals surface area contributed by atoms with E-state index < -0.39 is 12.0 Å². The molecule has 2 rings (SSSR count). The maximum atomic E-state index is 12.4. The lowest BCUT2D eigenvalue weighted by Gasteiger charge is -2.24. The highest BCUT2D eigenvalue weighted by Crippen LogP contribution is 2.23. The number of methoxy groups -OCH3 is 1. The number of aromatic amines is 1. The molecule has 2 atom stereocenters. The number of nitrogens with one attached hydrogen (secondary N) is 2. The van der Waals surface area contributed by atoms with Gasteiger partial charge in [-0.05, 0) is 25.5 Å². The third kappa shape index (κ3) is 3.36. The third-order valence-electron chi connectivity index (χ3n) is 3.72. The standard InChI is InChI=1S/C17H20N2O3/c1-11(17(21)22-3)15(13-7-5-4-6-8-13)19-16(20)14-9-10-18-12(14)2/h4-11,15,18H,1-3H3,(H,19,20)/t11-,15+/m1/s1. The monoisotopic (exact) mass is 300 g/mol. The average Bonchev–Trinajstić information content (AvgIpc) is 2.98. The van der Waals surface area contributed by atoms with Crippen LogP contribution in [-0.4, -0.2) is 24.0 Å². The van der Waals surface area contributed by atoms with Crippen LogP contribution in [0.25, 0.3) is 0 Å². The molecule has 0 aliphatic rings. The lowest BCUT2D eigenvalue weighted by Crippen LogP contribution is -2.36. The van der Waals surface area contributed by atoms with Gasteiger partial charge < -0.3 is 15.0 Å². The molecule has 1 amide bonds. The molecule has 1 heterocycles. The molecular formula is C17H20N2O3. The molecule has 22 heavy (non-hydrogen) atoms. The molecule has 0 aliphatic heterocycles. The number of carbonyl (C=O) groups excluding carboxylic acids is 2. The van der Waals surface area contributed by atoms with Gasteiger partial charge in [-0.2, -0.15) is 0 Å². The summed E-state index contributed by atoms with van der Waals surface area (Å²) in [5.41, 5.74) is 2.22. The van der Waals surface area contributed by atoms with Gasteiger partial charge in [0.2, 0.25) is 0 Å². The van der Waals surface area contributed by atoms with Crippen molar-refractivity contribution >= 4 is 11.9 Å². The first kappa shape index (κ1) is 15.8. The molecule has 0 radical (unpaired) electrons. The van der Waals surface area contributed by atoms with Crippen LogP contribution in [0.15, 0.2) is 42.6 Å². The Hall–Kier alpha value is -2.56. The Morgan fingerprint density at radius 2 is 1.86 bits per heavy atom. The van der Waals surface area contributed by atoms with Crippen molar-refractivity contribution in [3.8, 4) is 0 Å². The summed E-state index contributed by atoms with van der Waals surface area (Å²) in [5, 5.41) is 2.93. The summed E-state index contributed by atoms with van der Waals surface area (Å²) in [4.78, 5) is 27.3. The second-order valence-electron chi connectivity index (χ2n) is 5.19. The fourth-order valence-electron chi connectivity index (χ4n) is 2.40. The lowest BCUT2D eigenvalue weighted by molar-refractivity contribution is -0.145. The van der Waals surface area contributed by atoms with E-state index in [1.165, 1.54) is 7.11 Å². The number of H-pyrrole nitrogens is 1. The molecule has 0 fully saturated rings. The van der Waals surface area contributed by atoms with E-state index in [0.717, 1.165) is 11.3 Å². The Balaban J connectivity index is 2.27. The number of ether oxygens (including phenoxy) is 1. The number of carbonyl (C=O) groups is 2. The molecule has 0 spiro atoms. The van der Waals surface area contributed by atoms with E-state index in [2.05, 4.69) is 10.3 Å². The zero-order chi connectivity index (χ0) is 16.1. The second-order valence-corrected chi connectivity index (χ2v) is 5.19. The van der Waals surface area contributed by atoms with Crippen LogP contribution in [0.3, 0.4) is 0 Å². The summed E-state index contributed by atoms with van der Waals surface area (Å²) in [5.74, 6) is -1.07. The fourth-order valence-corrected chi connectivity index (χ4v) is 2.40. The summed E-state index contributed by atoms with van der Waals surface area (Å²) in [6, 6.07) is 10.7. The Morgan fingerprint density at radius 1 is 1.18 bits per heavy atom. The number of rotatable bonds is 5. The van der Waals surface area contributed by atoms with Crippen LogP contribution in [0.5, 0.6) is 0 Å². The first-order valence-corrected chi connectivity index (χ1v) is 7.12. The van der Waals surface area contributed by atoms with Crippen LogP contribution in [-0.2, 0) is 9.53 Å². The fraction of sp³-hybridized carbons (Fsp3) is 0.294. The SMILES string of the molecule is COC(=O)[C@H](C)[C@H](NC(=O)c1cc[nH]c1C)c1ccccc1. The van der Waals surface area contributed by atoms with E-state index >= 15 is 0 Å². The zero-order valence-electron chi connectivity index (χ0n) is 12.9. The molecular weight excluding hydrogens is 280 g/mol. The highest BCUT2D eigenvalue weighted by molar-refractivity contribution is 5.95. The smallest absolute Gasteiger partial charge is 0.310 e. The summed E-state index contributed by atoms with van der Waals surface area (Å²) in [6.07, 6.45) is 1.71. The maximum absolute atomic E-state index is 12.4. The quantitative estimate of drug-likeness (QED) is 0.834. The normalized spacial score (nSPS) is 13.2. The molecule has 0 bridgehead atoms. The predicted molar refractivity (Wildman–Crippen MR) is 83.4 cm³/mol. The number of hydrogen-bond donors (Lipinski definition) is 2. The molecule has 2 aromatic rings. The molecule has 0 saturated heterocycles. The number of esters is 1. The van der Waals surface area contributed by atoms with Crippen LogP contribution in [0.2, 0.25) is 0 Å². The van der Waals surface area contributed by atoms with Crippen LogP contribution >= 0.6 is 0 Å². The highest BCUT2D eigenvalue weighted by atomic mass is 16.5. The van der Waals surface area contributed by atoms with Gasteiger partial charge in [0, 0.05) is 11.9 Å². The molecule has 116 valence electrons. The molecule has 1 aromatic carbocycles. The van der Waals surface area contributed by atoms with Gasteiger partial charge in [-0.1, -0.05) is 30.3 Å². The second kappa shape index (κ2) is 6.93. The predicted octanol–water partition coefficient (Wildman–Crippen LogP) is 2.60. The van der Waals surface area contributed by atoms with Crippen LogP contribution in [0.4, 0.5) is 0 Å².